The van der Waals surface area contributed by atoms with Crippen LogP contribution in [0.25, 0.3) is 0 Å². The van der Waals surface area contributed by atoms with Gasteiger partial charge in [-0.25, -0.2) is 13.4 Å². The first-order chi connectivity index (χ1) is 21.2. The van der Waals surface area contributed by atoms with Crippen LogP contribution >= 0.6 is 11.6 Å². The number of aromatic nitrogens is 2. The monoisotopic (exact) mass is 643 g/mol. The SMILES string of the molecule is C=CC(=O)Nc1cc(Nc2ncc(Cl)c(Nc3cccc4c3N(S(C)(=O)=O)CC4)n2)c(OC)cc1OCCN1CCOCC1. The highest BCUT2D eigenvalue weighted by molar-refractivity contribution is 7.92. The molecule has 1 aromatic heterocycles. The molecule has 0 saturated carbocycles. The van der Waals surface area contributed by atoms with E-state index < -0.39 is 15.9 Å². The fourth-order valence-corrected chi connectivity index (χ4v) is 6.06. The highest BCUT2D eigenvalue weighted by Crippen LogP contribution is 2.40. The van der Waals surface area contributed by atoms with Gasteiger partial charge in [0.15, 0.2) is 5.82 Å². The summed E-state index contributed by atoms with van der Waals surface area (Å²) in [4.78, 5) is 23.3. The number of amides is 1. The van der Waals surface area contributed by atoms with Crippen molar-refractivity contribution in [1.82, 2.24) is 14.9 Å². The molecular weight excluding hydrogens is 610 g/mol. The number of carbonyl (C=O) groups excluding carboxylic acids is 1. The Kier molecular flexibility index (Phi) is 9.74. The van der Waals surface area contributed by atoms with Crippen molar-refractivity contribution in [2.24, 2.45) is 0 Å². The van der Waals surface area contributed by atoms with Crippen molar-refractivity contribution in [3.05, 3.63) is 59.8 Å². The van der Waals surface area contributed by atoms with Gasteiger partial charge in [-0.3, -0.25) is 14.0 Å². The molecule has 0 unspecified atom stereocenters. The summed E-state index contributed by atoms with van der Waals surface area (Å²) in [5.41, 5.74) is 2.85. The van der Waals surface area contributed by atoms with Gasteiger partial charge in [0.1, 0.15) is 23.1 Å². The molecular formula is C29H34ClN7O6S. The van der Waals surface area contributed by atoms with Gasteiger partial charge in [-0.1, -0.05) is 30.3 Å². The molecule has 15 heteroatoms. The molecule has 3 heterocycles. The zero-order chi connectivity index (χ0) is 31.3. The average Bonchev–Trinajstić information content (AvgIpc) is 3.46. The predicted molar refractivity (Wildman–Crippen MR) is 171 cm³/mol. The van der Waals surface area contributed by atoms with E-state index in [1.165, 1.54) is 29.9 Å². The Hall–Kier alpha value is -4.11. The summed E-state index contributed by atoms with van der Waals surface area (Å²) in [6.07, 6.45) is 4.37. The van der Waals surface area contributed by atoms with Gasteiger partial charge in [0, 0.05) is 32.2 Å². The van der Waals surface area contributed by atoms with Gasteiger partial charge in [-0.15, -0.1) is 0 Å². The second-order valence-electron chi connectivity index (χ2n) is 10.1. The third kappa shape index (κ3) is 7.33. The molecule has 0 radical (unpaired) electrons. The molecule has 1 fully saturated rings. The Morgan fingerprint density at radius 1 is 1.14 bits per heavy atom. The molecule has 2 aliphatic rings. The van der Waals surface area contributed by atoms with Gasteiger partial charge in [0.25, 0.3) is 0 Å². The van der Waals surface area contributed by atoms with Crippen LogP contribution in [0.1, 0.15) is 5.56 Å². The largest absolute Gasteiger partial charge is 0.494 e. The van der Waals surface area contributed by atoms with Gasteiger partial charge in [0.2, 0.25) is 21.9 Å². The maximum absolute atomic E-state index is 12.4. The number of rotatable bonds is 12. The first-order valence-corrected chi connectivity index (χ1v) is 16.1. The van der Waals surface area contributed by atoms with E-state index in [9.17, 15) is 13.2 Å². The highest BCUT2D eigenvalue weighted by Gasteiger charge is 2.29. The Bertz CT molecular complexity index is 1650. The Balaban J connectivity index is 1.40. The third-order valence-electron chi connectivity index (χ3n) is 7.11. The number of benzene rings is 2. The van der Waals surface area contributed by atoms with E-state index in [-0.39, 0.29) is 16.8 Å². The Morgan fingerprint density at radius 3 is 2.66 bits per heavy atom. The molecule has 44 heavy (non-hydrogen) atoms. The number of carbonyl (C=O) groups is 1. The lowest BCUT2D eigenvalue weighted by atomic mass is 10.1. The number of nitrogens with zero attached hydrogens (tertiary/aromatic N) is 4. The van der Waals surface area contributed by atoms with Crippen LogP contribution in [0.2, 0.25) is 5.02 Å². The fraction of sp³-hybridized carbons (Fsp3) is 0.345. The number of morpholine rings is 1. The summed E-state index contributed by atoms with van der Waals surface area (Å²) in [5.74, 6) is 0.862. The van der Waals surface area contributed by atoms with Crippen LogP contribution in [0.15, 0.2) is 49.2 Å². The van der Waals surface area contributed by atoms with E-state index in [1.54, 1.807) is 18.2 Å². The minimum absolute atomic E-state index is 0.171. The van der Waals surface area contributed by atoms with E-state index >= 15 is 0 Å². The molecule has 2 aliphatic heterocycles. The van der Waals surface area contributed by atoms with Crippen molar-refractivity contribution in [3.63, 3.8) is 0 Å². The molecule has 3 aromatic rings. The summed E-state index contributed by atoms with van der Waals surface area (Å²) in [5, 5.41) is 9.30. The highest BCUT2D eigenvalue weighted by atomic mass is 35.5. The minimum atomic E-state index is -3.48. The minimum Gasteiger partial charge on any atom is -0.494 e. The van der Waals surface area contributed by atoms with Crippen LogP contribution in [0.4, 0.5) is 34.5 Å². The zero-order valence-electron chi connectivity index (χ0n) is 24.4. The topological polar surface area (TPSA) is 147 Å². The maximum Gasteiger partial charge on any atom is 0.247 e. The predicted octanol–water partition coefficient (Wildman–Crippen LogP) is 3.78. The molecule has 234 valence electrons. The molecule has 13 nitrogen and oxygen atoms in total. The van der Waals surface area contributed by atoms with Crippen LogP contribution in [0.5, 0.6) is 11.5 Å². The zero-order valence-corrected chi connectivity index (χ0v) is 26.0. The van der Waals surface area contributed by atoms with Crippen molar-refractivity contribution < 1.29 is 27.4 Å². The van der Waals surface area contributed by atoms with Gasteiger partial charge >= 0.3 is 0 Å². The molecule has 0 aliphatic carbocycles. The normalized spacial score (nSPS) is 14.9. The number of anilines is 6. The van der Waals surface area contributed by atoms with Gasteiger partial charge in [-0.05, 0) is 30.2 Å². The van der Waals surface area contributed by atoms with Crippen LogP contribution in [0, 0.1) is 0 Å². The summed E-state index contributed by atoms with van der Waals surface area (Å²) >= 11 is 6.45. The summed E-state index contributed by atoms with van der Waals surface area (Å²) in [6.45, 7) is 8.01. The Morgan fingerprint density at radius 2 is 1.93 bits per heavy atom. The molecule has 5 rings (SSSR count). The summed E-state index contributed by atoms with van der Waals surface area (Å²) in [6, 6.07) is 8.83. The van der Waals surface area contributed by atoms with Crippen molar-refractivity contribution in [2.45, 2.75) is 6.42 Å². The molecule has 3 N–H and O–H groups in total. The van der Waals surface area contributed by atoms with E-state index in [0.29, 0.717) is 73.6 Å². The lowest BCUT2D eigenvalue weighted by Crippen LogP contribution is -2.38. The van der Waals surface area contributed by atoms with E-state index in [0.717, 1.165) is 18.7 Å². The fourth-order valence-electron chi connectivity index (χ4n) is 4.95. The molecule has 0 atom stereocenters. The number of halogens is 1. The average molecular weight is 644 g/mol. The van der Waals surface area contributed by atoms with Gasteiger partial charge in [0.05, 0.1) is 55.5 Å². The second kappa shape index (κ2) is 13.7. The van der Waals surface area contributed by atoms with Gasteiger partial charge < -0.3 is 30.2 Å². The smallest absolute Gasteiger partial charge is 0.247 e. The van der Waals surface area contributed by atoms with Crippen LogP contribution < -0.4 is 29.7 Å². The lowest BCUT2D eigenvalue weighted by Gasteiger charge is -2.26. The van der Waals surface area contributed by atoms with Crippen molar-refractivity contribution in [3.8, 4) is 11.5 Å². The van der Waals surface area contributed by atoms with Crippen LogP contribution in [-0.2, 0) is 26.0 Å². The second-order valence-corrected chi connectivity index (χ2v) is 12.4. The van der Waals surface area contributed by atoms with Crippen LogP contribution in [0.3, 0.4) is 0 Å². The van der Waals surface area contributed by atoms with Gasteiger partial charge in [-0.2, -0.15) is 4.98 Å². The first kappa shape index (κ1) is 31.3. The molecule has 0 spiro atoms. The van der Waals surface area contributed by atoms with E-state index in [1.807, 2.05) is 12.1 Å². The van der Waals surface area contributed by atoms with Crippen LogP contribution in [-0.4, -0.2) is 88.6 Å². The maximum atomic E-state index is 12.4. The van der Waals surface area contributed by atoms with E-state index in [2.05, 4.69) is 37.4 Å². The molecule has 0 bridgehead atoms. The number of sulfonamides is 1. The van der Waals surface area contributed by atoms with E-state index in [4.69, 9.17) is 25.8 Å². The molecule has 2 aromatic carbocycles. The number of nitrogens with one attached hydrogen (secondary N) is 3. The Labute approximate surface area is 261 Å². The standard InChI is InChI=1S/C29H34ClN7O6S/c1-4-26(38)32-23-16-22(24(41-2)17-25(23)43-15-12-36-10-13-42-14-11-36)34-29-31-18-20(30)28(35-29)33-21-7-5-6-19-8-9-37(27(19)21)44(3,39)40/h4-7,16-18H,1,8-15H2,2-3H3,(H,32,38)(H2,31,33,34,35). The first-order valence-electron chi connectivity index (χ1n) is 13.9. The van der Waals surface area contributed by atoms with Crippen molar-refractivity contribution >= 4 is 62.0 Å². The quantitative estimate of drug-likeness (QED) is 0.248. The number of fused-ring (bicyclic) bond motifs is 1. The van der Waals surface area contributed by atoms with Crippen molar-refractivity contribution in [1.29, 1.82) is 0 Å². The number of hydrogen-bond donors (Lipinski definition) is 3. The summed E-state index contributed by atoms with van der Waals surface area (Å²) < 4.78 is 43.3. The number of para-hydroxylation sites is 1. The third-order valence-corrected chi connectivity index (χ3v) is 8.55. The summed E-state index contributed by atoms with van der Waals surface area (Å²) in [7, 11) is -1.97. The molecule has 1 amide bonds. The number of ether oxygens (including phenoxy) is 3. The van der Waals surface area contributed by atoms with Crippen molar-refractivity contribution in [2.75, 3.05) is 79.6 Å². The number of methoxy groups -OCH3 is 1. The number of hydrogen-bond acceptors (Lipinski definition) is 11. The lowest BCUT2D eigenvalue weighted by molar-refractivity contribution is -0.111. The molecule has 1 saturated heterocycles.